The molecule has 0 bridgehead atoms. The van der Waals surface area contributed by atoms with Crippen LogP contribution in [0.1, 0.15) is 6.92 Å². The van der Waals surface area contributed by atoms with Crippen molar-refractivity contribution in [1.29, 1.82) is 0 Å². The average Bonchev–Trinajstić information content (AvgIpc) is 2.42. The molecule has 1 aromatic carbocycles. The average molecular weight is 367 g/mol. The summed E-state index contributed by atoms with van der Waals surface area (Å²) in [6, 6.07) is 4.50. The van der Waals surface area contributed by atoms with Crippen LogP contribution in [0.25, 0.3) is 0 Å². The zero-order chi connectivity index (χ0) is 16.8. The normalized spacial score (nSPS) is 11.8. The van der Waals surface area contributed by atoms with Gasteiger partial charge >= 0.3 is 16.4 Å². The molecule has 1 aromatic rings. The molecule has 0 aliphatic carbocycles. The van der Waals surface area contributed by atoms with Crippen molar-refractivity contribution in [3.63, 3.8) is 0 Å². The largest absolute Gasteiger partial charge is 0.433 e. The molecule has 0 aliphatic heterocycles. The van der Waals surface area contributed by atoms with E-state index in [1.54, 1.807) is 0 Å². The van der Waals surface area contributed by atoms with Crippen molar-refractivity contribution >= 4 is 45.3 Å². The van der Waals surface area contributed by atoms with Crippen molar-refractivity contribution < 1.29 is 22.1 Å². The van der Waals surface area contributed by atoms with E-state index < -0.39 is 22.5 Å². The number of amides is 1. The van der Waals surface area contributed by atoms with E-state index in [1.165, 1.54) is 32.2 Å². The van der Waals surface area contributed by atoms with E-state index in [0.29, 0.717) is 10.7 Å². The number of carbonyl (C=O) groups is 1. The first-order valence-corrected chi connectivity index (χ1v) is 7.95. The lowest BCUT2D eigenvalue weighted by molar-refractivity contribution is 0.145. The standard InChI is InChI=1S/C12H12Cl2N2O5S/c1-8(5-6-20-22(18,19)15-2)21-12(17)16-9-3-4-10(13)11(14)7-9/h3-4,7-8,15H,1-2H3,(H,16,17). The Morgan fingerprint density at radius 2 is 2.00 bits per heavy atom. The highest BCUT2D eigenvalue weighted by Crippen LogP contribution is 2.25. The number of ether oxygens (including phenoxy) is 1. The molecular weight excluding hydrogens is 355 g/mol. The lowest BCUT2D eigenvalue weighted by Gasteiger charge is -2.09. The maximum atomic E-state index is 11.6. The van der Waals surface area contributed by atoms with E-state index in [9.17, 15) is 13.2 Å². The Balaban J connectivity index is 2.54. The molecule has 0 spiro atoms. The first kappa shape index (κ1) is 18.4. The summed E-state index contributed by atoms with van der Waals surface area (Å²) in [5.41, 5.74) is 0.383. The molecule has 1 atom stereocenters. The van der Waals surface area contributed by atoms with Gasteiger partial charge in [0.15, 0.2) is 6.10 Å². The molecule has 1 rings (SSSR count). The molecule has 0 aliphatic rings. The van der Waals surface area contributed by atoms with Crippen molar-refractivity contribution in [3.05, 3.63) is 28.2 Å². The van der Waals surface area contributed by atoms with Gasteiger partial charge in [-0.1, -0.05) is 23.2 Å². The van der Waals surface area contributed by atoms with Crippen molar-refractivity contribution in [2.75, 3.05) is 12.4 Å². The van der Waals surface area contributed by atoms with Gasteiger partial charge in [-0.05, 0) is 31.0 Å². The Kier molecular flexibility index (Phi) is 6.77. The zero-order valence-electron chi connectivity index (χ0n) is 11.5. The van der Waals surface area contributed by atoms with Crippen molar-refractivity contribution in [1.82, 2.24) is 4.72 Å². The molecule has 1 unspecified atom stereocenters. The molecule has 0 saturated carbocycles. The van der Waals surface area contributed by atoms with E-state index in [0.717, 1.165) is 0 Å². The highest BCUT2D eigenvalue weighted by atomic mass is 35.5. The minimum absolute atomic E-state index is 0.276. The van der Waals surface area contributed by atoms with Gasteiger partial charge < -0.3 is 8.92 Å². The van der Waals surface area contributed by atoms with Crippen molar-refractivity contribution in [3.8, 4) is 12.0 Å². The topological polar surface area (TPSA) is 93.7 Å². The van der Waals surface area contributed by atoms with E-state index in [2.05, 4.69) is 15.4 Å². The van der Waals surface area contributed by atoms with Crippen molar-refractivity contribution in [2.24, 2.45) is 0 Å². The minimum atomic E-state index is -3.91. The summed E-state index contributed by atoms with van der Waals surface area (Å²) in [6.07, 6.45) is 0.230. The van der Waals surface area contributed by atoms with Gasteiger partial charge in [0, 0.05) is 12.7 Å². The van der Waals surface area contributed by atoms with Crippen LogP contribution >= 0.6 is 23.2 Å². The number of hydrogen-bond donors (Lipinski definition) is 2. The van der Waals surface area contributed by atoms with Crippen LogP contribution in [0.2, 0.25) is 10.0 Å². The summed E-state index contributed by atoms with van der Waals surface area (Å²) in [6.45, 7) is 1.44. The molecule has 7 nitrogen and oxygen atoms in total. The van der Waals surface area contributed by atoms with Gasteiger partial charge in [0.1, 0.15) is 6.11 Å². The van der Waals surface area contributed by atoms with Gasteiger partial charge in [-0.2, -0.15) is 13.1 Å². The zero-order valence-corrected chi connectivity index (χ0v) is 13.8. The molecule has 22 heavy (non-hydrogen) atoms. The predicted molar refractivity (Wildman–Crippen MR) is 82.9 cm³/mol. The van der Waals surface area contributed by atoms with Crippen LogP contribution in [0.4, 0.5) is 10.5 Å². The first-order chi connectivity index (χ1) is 10.2. The quantitative estimate of drug-likeness (QED) is 0.797. The minimum Gasteiger partial charge on any atom is -0.433 e. The Labute approximate surface area is 138 Å². The molecule has 10 heteroatoms. The number of anilines is 1. The van der Waals surface area contributed by atoms with E-state index in [1.807, 2.05) is 10.8 Å². The highest BCUT2D eigenvalue weighted by Gasteiger charge is 2.09. The summed E-state index contributed by atoms with van der Waals surface area (Å²) >= 11 is 11.5. The van der Waals surface area contributed by atoms with E-state index >= 15 is 0 Å². The second-order valence-electron chi connectivity index (χ2n) is 3.79. The number of hydrogen-bond acceptors (Lipinski definition) is 5. The predicted octanol–water partition coefficient (Wildman–Crippen LogP) is 2.37. The smallest absolute Gasteiger partial charge is 0.412 e. The maximum Gasteiger partial charge on any atom is 0.412 e. The second-order valence-corrected chi connectivity index (χ2v) is 6.09. The van der Waals surface area contributed by atoms with Crippen LogP contribution in [-0.2, 0) is 19.2 Å². The van der Waals surface area contributed by atoms with Crippen LogP contribution in [0.5, 0.6) is 0 Å². The fourth-order valence-electron chi connectivity index (χ4n) is 1.11. The lowest BCUT2D eigenvalue weighted by atomic mass is 10.3. The number of carbonyl (C=O) groups excluding carboxylic acids is 1. The van der Waals surface area contributed by atoms with Crippen LogP contribution in [0, 0.1) is 12.0 Å². The first-order valence-electron chi connectivity index (χ1n) is 5.78. The van der Waals surface area contributed by atoms with Crippen molar-refractivity contribution in [2.45, 2.75) is 13.0 Å². The van der Waals surface area contributed by atoms with Gasteiger partial charge in [0.25, 0.3) is 0 Å². The van der Waals surface area contributed by atoms with Crippen LogP contribution in [-0.4, -0.2) is 27.7 Å². The molecule has 0 saturated heterocycles. The molecule has 0 fully saturated rings. The molecule has 120 valence electrons. The Morgan fingerprint density at radius 3 is 2.59 bits per heavy atom. The summed E-state index contributed by atoms with van der Waals surface area (Å²) in [5, 5.41) is 3.04. The molecule has 0 aromatic heterocycles. The van der Waals surface area contributed by atoms with Gasteiger partial charge in [-0.15, -0.1) is 0 Å². The number of nitrogens with one attached hydrogen (secondary N) is 2. The summed E-state index contributed by atoms with van der Waals surface area (Å²) in [4.78, 5) is 11.6. The maximum absolute atomic E-state index is 11.6. The Hall–Kier alpha value is -1.66. The van der Waals surface area contributed by atoms with Crippen LogP contribution in [0.3, 0.4) is 0 Å². The fourth-order valence-corrected chi connectivity index (χ4v) is 1.65. The van der Waals surface area contributed by atoms with Crippen LogP contribution < -0.4 is 10.0 Å². The monoisotopic (exact) mass is 366 g/mol. The molecule has 2 N–H and O–H groups in total. The third-order valence-corrected chi connectivity index (χ3v) is 3.66. The van der Waals surface area contributed by atoms with Gasteiger partial charge in [-0.3, -0.25) is 5.32 Å². The molecular formula is C12H12Cl2N2O5S. The summed E-state index contributed by atoms with van der Waals surface area (Å²) < 4.78 is 32.9. The molecule has 1 amide bonds. The van der Waals surface area contributed by atoms with Crippen LogP contribution in [0.15, 0.2) is 18.2 Å². The van der Waals surface area contributed by atoms with E-state index in [4.69, 9.17) is 27.9 Å². The number of halogens is 2. The lowest BCUT2D eigenvalue weighted by Crippen LogP contribution is -2.20. The fraction of sp³-hybridized carbons (Fsp3) is 0.250. The Morgan fingerprint density at radius 1 is 1.32 bits per heavy atom. The number of benzene rings is 1. The Bertz CT molecular complexity index is 712. The molecule has 0 radical (unpaired) electrons. The summed E-state index contributed by atoms with van der Waals surface area (Å²) in [7, 11) is -2.74. The van der Waals surface area contributed by atoms with E-state index in [-0.39, 0.29) is 5.02 Å². The van der Waals surface area contributed by atoms with Gasteiger partial charge in [0.2, 0.25) is 0 Å². The molecule has 0 heterocycles. The van der Waals surface area contributed by atoms with Gasteiger partial charge in [0.05, 0.1) is 10.0 Å². The summed E-state index contributed by atoms with van der Waals surface area (Å²) in [5.74, 6) is 2.29. The third-order valence-electron chi connectivity index (χ3n) is 2.11. The third kappa shape index (κ3) is 6.41. The second kappa shape index (κ2) is 8.10. The van der Waals surface area contributed by atoms with Gasteiger partial charge in [-0.25, -0.2) is 4.79 Å². The number of rotatable bonds is 4. The highest BCUT2D eigenvalue weighted by molar-refractivity contribution is 7.84. The SMILES string of the molecule is CNS(=O)(=O)OC#CC(C)OC(=O)Nc1ccc(Cl)c(Cl)c1.